The van der Waals surface area contributed by atoms with Crippen molar-refractivity contribution in [1.82, 2.24) is 10.3 Å². The van der Waals surface area contributed by atoms with Crippen LogP contribution in [0.3, 0.4) is 0 Å². The lowest BCUT2D eigenvalue weighted by Gasteiger charge is -2.18. The van der Waals surface area contributed by atoms with E-state index in [-0.39, 0.29) is 0 Å². The molecule has 3 aliphatic rings. The Labute approximate surface area is 132 Å². The predicted octanol–water partition coefficient (Wildman–Crippen LogP) is 5.10. The van der Waals surface area contributed by atoms with E-state index in [2.05, 4.69) is 5.32 Å². The highest BCUT2D eigenvalue weighted by atomic mass is 32.1. The molecule has 0 aliphatic heterocycles. The molecule has 3 fully saturated rings. The second-order valence-electron chi connectivity index (χ2n) is 7.33. The second-order valence-corrected chi connectivity index (χ2v) is 8.45. The van der Waals surface area contributed by atoms with Gasteiger partial charge in [0.25, 0.3) is 0 Å². The lowest BCUT2D eigenvalue weighted by Crippen LogP contribution is -2.25. The van der Waals surface area contributed by atoms with Crippen LogP contribution in [0.1, 0.15) is 98.0 Å². The molecule has 0 spiro atoms. The van der Waals surface area contributed by atoms with Crippen LogP contribution < -0.4 is 5.32 Å². The molecule has 1 heterocycles. The Bertz CT molecular complexity index is 466. The molecule has 116 valence electrons. The van der Waals surface area contributed by atoms with E-state index in [1.54, 1.807) is 4.88 Å². The van der Waals surface area contributed by atoms with E-state index in [1.165, 1.54) is 81.3 Å². The van der Waals surface area contributed by atoms with Crippen molar-refractivity contribution >= 4 is 11.3 Å². The summed E-state index contributed by atoms with van der Waals surface area (Å²) >= 11 is 2.04. The highest BCUT2D eigenvalue weighted by molar-refractivity contribution is 7.11. The van der Waals surface area contributed by atoms with Crippen molar-refractivity contribution in [1.29, 1.82) is 0 Å². The van der Waals surface area contributed by atoms with Gasteiger partial charge in [0.2, 0.25) is 0 Å². The number of aromatic nitrogens is 1. The minimum absolute atomic E-state index is 0.775. The van der Waals surface area contributed by atoms with Gasteiger partial charge in [0.05, 0.1) is 10.7 Å². The van der Waals surface area contributed by atoms with Gasteiger partial charge in [-0.2, -0.15) is 0 Å². The van der Waals surface area contributed by atoms with E-state index in [4.69, 9.17) is 4.98 Å². The molecule has 0 radical (unpaired) electrons. The largest absolute Gasteiger partial charge is 0.309 e. The monoisotopic (exact) mass is 304 g/mol. The Hall–Kier alpha value is -0.410. The van der Waals surface area contributed by atoms with E-state index in [9.17, 15) is 0 Å². The van der Waals surface area contributed by atoms with Crippen molar-refractivity contribution in [2.45, 2.75) is 95.1 Å². The molecule has 3 heteroatoms. The summed E-state index contributed by atoms with van der Waals surface area (Å²) < 4.78 is 0. The average molecular weight is 305 g/mol. The third kappa shape index (κ3) is 3.34. The Morgan fingerprint density at radius 3 is 2.29 bits per heavy atom. The van der Waals surface area contributed by atoms with Crippen LogP contribution in [0, 0.1) is 0 Å². The van der Waals surface area contributed by atoms with Gasteiger partial charge in [-0.15, -0.1) is 11.3 Å². The van der Waals surface area contributed by atoms with Crippen molar-refractivity contribution in [3.8, 4) is 0 Å². The standard InChI is InChI=1S/C18H28N2S/c1-2-6-14(7-3-1)18-20-17(13-10-11-13)16(21-18)12-19-15-8-4-5-9-15/h13-15,19H,1-12H2. The molecule has 0 atom stereocenters. The maximum absolute atomic E-state index is 5.12. The van der Waals surface area contributed by atoms with Gasteiger partial charge in [0.15, 0.2) is 0 Å². The molecule has 0 saturated heterocycles. The van der Waals surface area contributed by atoms with E-state index in [1.807, 2.05) is 11.3 Å². The van der Waals surface area contributed by atoms with Crippen molar-refractivity contribution in [3.63, 3.8) is 0 Å². The zero-order chi connectivity index (χ0) is 14.1. The van der Waals surface area contributed by atoms with Gasteiger partial charge in [0.1, 0.15) is 0 Å². The van der Waals surface area contributed by atoms with Gasteiger partial charge in [-0.05, 0) is 38.5 Å². The van der Waals surface area contributed by atoms with Crippen molar-refractivity contribution in [2.24, 2.45) is 0 Å². The normalized spacial score (nSPS) is 24.8. The summed E-state index contributed by atoms with van der Waals surface area (Å²) in [5.74, 6) is 1.58. The number of thiazole rings is 1. The fourth-order valence-corrected chi connectivity index (χ4v) is 5.35. The number of nitrogens with zero attached hydrogens (tertiary/aromatic N) is 1. The Kier molecular flexibility index (Phi) is 4.31. The van der Waals surface area contributed by atoms with E-state index >= 15 is 0 Å². The van der Waals surface area contributed by atoms with Gasteiger partial charge in [-0.25, -0.2) is 4.98 Å². The number of rotatable bonds is 5. The third-order valence-electron chi connectivity index (χ3n) is 5.57. The highest BCUT2D eigenvalue weighted by Crippen LogP contribution is 2.45. The molecule has 0 amide bonds. The first-order chi connectivity index (χ1) is 10.4. The van der Waals surface area contributed by atoms with Crippen LogP contribution in [0.4, 0.5) is 0 Å². The van der Waals surface area contributed by atoms with E-state index < -0.39 is 0 Å². The zero-order valence-electron chi connectivity index (χ0n) is 13.1. The maximum atomic E-state index is 5.12. The Morgan fingerprint density at radius 1 is 0.857 bits per heavy atom. The predicted molar refractivity (Wildman–Crippen MR) is 89.0 cm³/mol. The zero-order valence-corrected chi connectivity index (χ0v) is 13.9. The lowest BCUT2D eigenvalue weighted by molar-refractivity contribution is 0.442. The van der Waals surface area contributed by atoms with Crippen LogP contribution >= 0.6 is 11.3 Å². The minimum atomic E-state index is 0.775. The van der Waals surface area contributed by atoms with Gasteiger partial charge < -0.3 is 5.32 Å². The fraction of sp³-hybridized carbons (Fsp3) is 0.833. The van der Waals surface area contributed by atoms with Gasteiger partial charge >= 0.3 is 0 Å². The smallest absolute Gasteiger partial charge is 0.0962 e. The number of hydrogen-bond acceptors (Lipinski definition) is 3. The quantitative estimate of drug-likeness (QED) is 0.818. The summed E-state index contributed by atoms with van der Waals surface area (Å²) in [4.78, 5) is 6.69. The van der Waals surface area contributed by atoms with Crippen LogP contribution in [-0.2, 0) is 6.54 Å². The van der Waals surface area contributed by atoms with Crippen LogP contribution in [0.2, 0.25) is 0 Å². The summed E-state index contributed by atoms with van der Waals surface area (Å²) in [6.07, 6.45) is 15.4. The maximum Gasteiger partial charge on any atom is 0.0962 e. The summed E-state index contributed by atoms with van der Waals surface area (Å²) in [7, 11) is 0. The van der Waals surface area contributed by atoms with Crippen LogP contribution in [-0.4, -0.2) is 11.0 Å². The SMILES string of the molecule is C1CCC(c2nc(C3CC3)c(CNC3CCCC3)s2)CC1. The molecule has 0 bridgehead atoms. The summed E-state index contributed by atoms with van der Waals surface area (Å²) in [6.45, 7) is 1.08. The first-order valence-corrected chi connectivity index (χ1v) is 9.94. The molecular formula is C18H28N2S. The summed E-state index contributed by atoms with van der Waals surface area (Å²) in [5, 5.41) is 5.28. The van der Waals surface area contributed by atoms with Gasteiger partial charge in [0, 0.05) is 29.3 Å². The minimum Gasteiger partial charge on any atom is -0.309 e. The van der Waals surface area contributed by atoms with Crippen molar-refractivity contribution in [2.75, 3.05) is 0 Å². The van der Waals surface area contributed by atoms with Crippen molar-refractivity contribution in [3.05, 3.63) is 15.6 Å². The first-order valence-electron chi connectivity index (χ1n) is 9.13. The van der Waals surface area contributed by atoms with E-state index in [0.717, 1.165) is 24.4 Å². The van der Waals surface area contributed by atoms with Crippen molar-refractivity contribution < 1.29 is 0 Å². The van der Waals surface area contributed by atoms with Crippen LogP contribution in [0.15, 0.2) is 0 Å². The van der Waals surface area contributed by atoms with E-state index in [0.29, 0.717) is 0 Å². The molecule has 1 aromatic heterocycles. The first kappa shape index (κ1) is 14.2. The topological polar surface area (TPSA) is 24.9 Å². The second kappa shape index (κ2) is 6.37. The average Bonchev–Trinajstić information content (AvgIpc) is 3.08. The molecule has 1 N–H and O–H groups in total. The molecule has 4 rings (SSSR count). The number of hydrogen-bond donors (Lipinski definition) is 1. The molecule has 21 heavy (non-hydrogen) atoms. The molecule has 3 aliphatic carbocycles. The molecule has 0 aromatic carbocycles. The van der Waals surface area contributed by atoms with Gasteiger partial charge in [-0.1, -0.05) is 32.1 Å². The molecule has 1 aromatic rings. The molecule has 0 unspecified atom stereocenters. The summed E-state index contributed by atoms with van der Waals surface area (Å²) in [6, 6.07) is 0.775. The van der Waals surface area contributed by atoms with Gasteiger partial charge in [-0.3, -0.25) is 0 Å². The lowest BCUT2D eigenvalue weighted by atomic mass is 9.90. The number of nitrogens with one attached hydrogen (secondary N) is 1. The molecule has 2 nitrogen and oxygen atoms in total. The van der Waals surface area contributed by atoms with Crippen LogP contribution in [0.5, 0.6) is 0 Å². The Morgan fingerprint density at radius 2 is 1.57 bits per heavy atom. The van der Waals surface area contributed by atoms with Crippen LogP contribution in [0.25, 0.3) is 0 Å². The third-order valence-corrected chi connectivity index (χ3v) is 6.80. The molecular weight excluding hydrogens is 276 g/mol. The Balaban J connectivity index is 1.46. The highest BCUT2D eigenvalue weighted by Gasteiger charge is 2.31. The molecule has 3 saturated carbocycles. The fourth-order valence-electron chi connectivity index (χ4n) is 4.08. The summed E-state index contributed by atoms with van der Waals surface area (Å²) in [5.41, 5.74) is 1.48.